The zero-order valence-corrected chi connectivity index (χ0v) is 17.8. The van der Waals surface area contributed by atoms with Crippen LogP contribution in [0.5, 0.6) is 0 Å². The van der Waals surface area contributed by atoms with Crippen molar-refractivity contribution in [3.05, 3.63) is 64.8 Å². The predicted octanol–water partition coefficient (Wildman–Crippen LogP) is 3.56. The summed E-state index contributed by atoms with van der Waals surface area (Å²) in [5, 5.41) is 4.20. The van der Waals surface area contributed by atoms with Gasteiger partial charge in [-0.3, -0.25) is 0 Å². The third kappa shape index (κ3) is 4.44. The molecule has 0 spiro atoms. The van der Waals surface area contributed by atoms with Crippen LogP contribution >= 0.6 is 23.4 Å². The number of nitrogens with zero attached hydrogens (tertiary/aromatic N) is 2. The first-order valence-corrected chi connectivity index (χ1v) is 11.3. The van der Waals surface area contributed by atoms with E-state index in [9.17, 15) is 0 Å². The number of anilines is 2. The lowest BCUT2D eigenvalue weighted by Gasteiger charge is -2.19. The number of nitrogens with one attached hydrogen (secondary N) is 5. The van der Waals surface area contributed by atoms with Crippen molar-refractivity contribution in [2.45, 2.75) is 30.3 Å². The van der Waals surface area contributed by atoms with Gasteiger partial charge in [0.1, 0.15) is 5.82 Å². The first-order chi connectivity index (χ1) is 14.7. The van der Waals surface area contributed by atoms with Crippen LogP contribution in [0.25, 0.3) is 11.4 Å². The molecule has 0 atom stereocenters. The fraction of sp³-hybridized carbons (Fsp3) is 0.238. The quantitative estimate of drug-likeness (QED) is 0.412. The van der Waals surface area contributed by atoms with Crippen molar-refractivity contribution in [3.63, 3.8) is 0 Å². The molecule has 2 aromatic carbocycles. The maximum Gasteiger partial charge on any atom is 0.161 e. The minimum absolute atomic E-state index is 0.148. The van der Waals surface area contributed by atoms with E-state index in [0.29, 0.717) is 10.8 Å². The second-order valence-electron chi connectivity index (χ2n) is 7.25. The maximum atomic E-state index is 6.19. The molecule has 0 unspecified atom stereocenters. The Morgan fingerprint density at radius 2 is 1.90 bits per heavy atom. The first-order valence-electron chi connectivity index (χ1n) is 9.91. The van der Waals surface area contributed by atoms with Crippen molar-refractivity contribution in [1.82, 2.24) is 31.9 Å². The highest BCUT2D eigenvalue weighted by molar-refractivity contribution is 7.99. The minimum Gasteiger partial charge on any atom is -0.339 e. The van der Waals surface area contributed by atoms with Crippen LogP contribution in [0.4, 0.5) is 11.5 Å². The van der Waals surface area contributed by atoms with E-state index in [1.165, 1.54) is 5.56 Å². The van der Waals surface area contributed by atoms with E-state index in [1.807, 2.05) is 36.0 Å². The summed E-state index contributed by atoms with van der Waals surface area (Å²) in [4.78, 5) is 10.8. The topological polar surface area (TPSA) is 85.9 Å². The Bertz CT molecular complexity index is 1040. The Kier molecular flexibility index (Phi) is 5.85. The summed E-state index contributed by atoms with van der Waals surface area (Å²) in [6.45, 7) is 0. The number of aryl methyl sites for hydroxylation is 1. The third-order valence-electron chi connectivity index (χ3n) is 5.03. The number of hydrogen-bond donors (Lipinski definition) is 5. The number of halogens is 1. The van der Waals surface area contributed by atoms with Gasteiger partial charge in [0.2, 0.25) is 0 Å². The van der Waals surface area contributed by atoms with Gasteiger partial charge in [-0.1, -0.05) is 35.9 Å². The highest BCUT2D eigenvalue weighted by Gasteiger charge is 2.20. The molecule has 2 aliphatic heterocycles. The van der Waals surface area contributed by atoms with Gasteiger partial charge in [-0.2, -0.15) is 11.1 Å². The van der Waals surface area contributed by atoms with E-state index in [2.05, 4.69) is 51.5 Å². The SMILES string of the molecule is Clc1cccc(-c2nc3c(c(Nc4ccc(CC5NNNN5)cc4)n2)SCCC3)c1. The van der Waals surface area contributed by atoms with Crippen LogP contribution in [0.2, 0.25) is 5.02 Å². The molecule has 1 fully saturated rings. The van der Waals surface area contributed by atoms with Crippen LogP contribution in [0.15, 0.2) is 53.4 Å². The second kappa shape index (κ2) is 8.89. The smallest absolute Gasteiger partial charge is 0.161 e. The van der Waals surface area contributed by atoms with Crippen molar-refractivity contribution in [2.24, 2.45) is 0 Å². The molecule has 154 valence electrons. The highest BCUT2D eigenvalue weighted by Crippen LogP contribution is 2.37. The van der Waals surface area contributed by atoms with Gasteiger partial charge in [0.25, 0.3) is 0 Å². The molecule has 3 heterocycles. The van der Waals surface area contributed by atoms with Gasteiger partial charge in [0.15, 0.2) is 5.82 Å². The minimum atomic E-state index is 0.148. The zero-order chi connectivity index (χ0) is 20.3. The molecule has 2 aliphatic rings. The molecule has 0 radical (unpaired) electrons. The third-order valence-corrected chi connectivity index (χ3v) is 6.48. The number of aromatic nitrogens is 2. The molecule has 0 aliphatic carbocycles. The molecule has 0 amide bonds. The fourth-order valence-electron chi connectivity index (χ4n) is 3.55. The van der Waals surface area contributed by atoms with Crippen molar-refractivity contribution in [1.29, 1.82) is 0 Å². The molecule has 9 heteroatoms. The molecular formula is C21H22ClN7S. The standard InChI is InChI=1S/C21H22ClN7S/c22-15-4-1-3-14(12-15)20-24-17-5-2-10-30-19(17)21(25-20)23-16-8-6-13(7-9-16)11-18-26-28-29-27-18/h1,3-4,6-9,12,18,26-29H,2,5,10-11H2,(H,23,24,25). The summed E-state index contributed by atoms with van der Waals surface area (Å²) >= 11 is 8.01. The van der Waals surface area contributed by atoms with E-state index in [-0.39, 0.29) is 6.17 Å². The molecule has 30 heavy (non-hydrogen) atoms. The molecule has 7 nitrogen and oxygen atoms in total. The van der Waals surface area contributed by atoms with Crippen LogP contribution in [0.3, 0.4) is 0 Å². The molecule has 0 bridgehead atoms. The van der Waals surface area contributed by atoms with E-state index in [0.717, 1.165) is 52.7 Å². The van der Waals surface area contributed by atoms with Crippen LogP contribution in [0, 0.1) is 0 Å². The van der Waals surface area contributed by atoms with E-state index in [1.54, 1.807) is 0 Å². The zero-order valence-electron chi connectivity index (χ0n) is 16.2. The summed E-state index contributed by atoms with van der Waals surface area (Å²) in [7, 11) is 0. The Morgan fingerprint density at radius 3 is 2.70 bits per heavy atom. The average Bonchev–Trinajstić information content (AvgIpc) is 3.28. The maximum absolute atomic E-state index is 6.19. The predicted molar refractivity (Wildman–Crippen MR) is 121 cm³/mol. The van der Waals surface area contributed by atoms with Crippen molar-refractivity contribution in [3.8, 4) is 11.4 Å². The van der Waals surface area contributed by atoms with Crippen LogP contribution in [-0.4, -0.2) is 21.9 Å². The van der Waals surface area contributed by atoms with Gasteiger partial charge in [0.05, 0.1) is 16.8 Å². The monoisotopic (exact) mass is 439 g/mol. The number of hydrogen-bond acceptors (Lipinski definition) is 8. The van der Waals surface area contributed by atoms with E-state index >= 15 is 0 Å². The summed E-state index contributed by atoms with van der Waals surface area (Å²) in [6.07, 6.45) is 3.10. The summed E-state index contributed by atoms with van der Waals surface area (Å²) in [5.41, 5.74) is 16.2. The van der Waals surface area contributed by atoms with Crippen LogP contribution in [-0.2, 0) is 12.8 Å². The van der Waals surface area contributed by atoms with Crippen molar-refractivity contribution >= 4 is 34.9 Å². The van der Waals surface area contributed by atoms with Gasteiger partial charge in [-0.15, -0.1) is 11.8 Å². The van der Waals surface area contributed by atoms with Gasteiger partial charge < -0.3 is 5.32 Å². The summed E-state index contributed by atoms with van der Waals surface area (Å²) < 4.78 is 0. The molecule has 5 N–H and O–H groups in total. The average molecular weight is 440 g/mol. The van der Waals surface area contributed by atoms with Crippen molar-refractivity contribution in [2.75, 3.05) is 11.1 Å². The van der Waals surface area contributed by atoms with Crippen LogP contribution in [0.1, 0.15) is 17.7 Å². The van der Waals surface area contributed by atoms with E-state index < -0.39 is 0 Å². The lowest BCUT2D eigenvalue weighted by Crippen LogP contribution is -2.35. The van der Waals surface area contributed by atoms with Gasteiger partial charge in [0, 0.05) is 22.7 Å². The summed E-state index contributed by atoms with van der Waals surface area (Å²) in [6, 6.07) is 16.1. The van der Waals surface area contributed by atoms with Crippen molar-refractivity contribution < 1.29 is 0 Å². The number of rotatable bonds is 5. The molecule has 3 aromatic rings. The van der Waals surface area contributed by atoms with Gasteiger partial charge in [-0.05, 0) is 48.4 Å². The molecule has 1 saturated heterocycles. The molecular weight excluding hydrogens is 418 g/mol. The Morgan fingerprint density at radius 1 is 1.07 bits per heavy atom. The lowest BCUT2D eigenvalue weighted by atomic mass is 10.1. The summed E-state index contributed by atoms with van der Waals surface area (Å²) in [5.74, 6) is 2.65. The second-order valence-corrected chi connectivity index (χ2v) is 8.79. The molecule has 5 rings (SSSR count). The van der Waals surface area contributed by atoms with E-state index in [4.69, 9.17) is 21.6 Å². The Balaban J connectivity index is 1.42. The molecule has 1 aromatic heterocycles. The van der Waals surface area contributed by atoms with Crippen LogP contribution < -0.4 is 27.2 Å². The Hall–Kier alpha value is -2.20. The number of thioether (sulfide) groups is 1. The number of fused-ring (bicyclic) bond motifs is 1. The van der Waals surface area contributed by atoms with Gasteiger partial charge in [-0.25, -0.2) is 20.8 Å². The largest absolute Gasteiger partial charge is 0.339 e. The first kappa shape index (κ1) is 19.7. The fourth-order valence-corrected chi connectivity index (χ4v) is 4.79. The number of benzene rings is 2. The normalized spacial score (nSPS) is 16.4. The lowest BCUT2D eigenvalue weighted by molar-refractivity contribution is 0.522. The number of hydrazine groups is 3. The van der Waals surface area contributed by atoms with Gasteiger partial charge >= 0.3 is 0 Å². The highest BCUT2D eigenvalue weighted by atomic mass is 35.5. The molecule has 0 saturated carbocycles. The Labute approximate surface area is 184 Å².